The van der Waals surface area contributed by atoms with Crippen LogP contribution in [0, 0.1) is 0 Å². The maximum absolute atomic E-state index is 12.5. The van der Waals surface area contributed by atoms with Crippen LogP contribution >= 0.6 is 11.8 Å². The molecule has 0 aliphatic carbocycles. The fourth-order valence-electron chi connectivity index (χ4n) is 3.14. The van der Waals surface area contributed by atoms with E-state index < -0.39 is 11.7 Å². The molecule has 1 amide bonds. The lowest BCUT2D eigenvalue weighted by Gasteiger charge is -2.41. The molecule has 2 atom stereocenters. The smallest absolute Gasteiger partial charge is 0.228 e. The van der Waals surface area contributed by atoms with Gasteiger partial charge in [-0.05, 0) is 24.7 Å². The van der Waals surface area contributed by atoms with Crippen molar-refractivity contribution in [2.45, 2.75) is 44.3 Å². The predicted octanol–water partition coefficient (Wildman–Crippen LogP) is 0.761. The Hall–Kier alpha value is -1.05. The fourth-order valence-corrected chi connectivity index (χ4v) is 4.10. The second-order valence-corrected chi connectivity index (χ2v) is 6.97. The van der Waals surface area contributed by atoms with Crippen molar-refractivity contribution in [3.8, 4) is 0 Å². The van der Waals surface area contributed by atoms with Crippen LogP contribution < -0.4 is 0 Å². The van der Waals surface area contributed by atoms with Crippen molar-refractivity contribution in [2.24, 2.45) is 4.99 Å². The van der Waals surface area contributed by atoms with Crippen LogP contribution in [0.1, 0.15) is 32.6 Å². The highest BCUT2D eigenvalue weighted by Gasteiger charge is 2.40. The molecule has 2 N–H and O–H groups in total. The molecule has 1 saturated heterocycles. The molecule has 0 aromatic heterocycles. The first-order valence-corrected chi connectivity index (χ1v) is 8.77. The normalized spacial score (nSPS) is 31.7. The molecule has 0 unspecified atom stereocenters. The van der Waals surface area contributed by atoms with Gasteiger partial charge in [0.2, 0.25) is 5.91 Å². The number of amides is 1. The van der Waals surface area contributed by atoms with Gasteiger partial charge in [-0.2, -0.15) is 0 Å². The zero-order valence-electron chi connectivity index (χ0n) is 12.9. The number of aliphatic hydroxyl groups excluding tert-OH is 1. The van der Waals surface area contributed by atoms with Crippen molar-refractivity contribution in [3.63, 3.8) is 0 Å². The first-order chi connectivity index (χ1) is 10.5. The van der Waals surface area contributed by atoms with Crippen LogP contribution in [0.15, 0.2) is 16.1 Å². The van der Waals surface area contributed by atoms with E-state index in [0.717, 1.165) is 30.4 Å². The minimum absolute atomic E-state index is 0.0101. The van der Waals surface area contributed by atoms with Gasteiger partial charge in [-0.3, -0.25) is 9.79 Å². The van der Waals surface area contributed by atoms with Gasteiger partial charge in [-0.25, -0.2) is 0 Å². The lowest BCUT2D eigenvalue weighted by atomic mass is 9.86. The molecule has 0 aromatic carbocycles. The molecule has 0 radical (unpaired) electrons. The molecule has 0 spiro atoms. The van der Waals surface area contributed by atoms with Crippen molar-refractivity contribution in [2.75, 3.05) is 26.2 Å². The van der Waals surface area contributed by atoms with Gasteiger partial charge in [0.1, 0.15) is 6.10 Å². The monoisotopic (exact) mass is 325 g/mol. The lowest BCUT2D eigenvalue weighted by molar-refractivity contribution is -0.149. The van der Waals surface area contributed by atoms with Crippen LogP contribution in [-0.4, -0.2) is 69.0 Å². The first kappa shape index (κ1) is 15.8. The minimum Gasteiger partial charge on any atom is -0.388 e. The van der Waals surface area contributed by atoms with Gasteiger partial charge in [0.15, 0.2) is 5.17 Å². The first-order valence-electron chi connectivity index (χ1n) is 7.89. The average molecular weight is 325 g/mol. The zero-order chi connectivity index (χ0) is 15.7. The molecule has 1 fully saturated rings. The Labute approximate surface area is 134 Å². The molecule has 6 nitrogen and oxygen atoms in total. The summed E-state index contributed by atoms with van der Waals surface area (Å²) < 4.78 is 0. The maximum atomic E-state index is 12.5. The molecule has 0 saturated carbocycles. The summed E-state index contributed by atoms with van der Waals surface area (Å²) in [7, 11) is 0. The molecule has 3 rings (SSSR count). The number of likely N-dealkylation sites (tertiary alicyclic amines) is 1. The fraction of sp³-hybridized carbons (Fsp3) is 0.733. The molecule has 3 aliphatic heterocycles. The second kappa shape index (κ2) is 6.22. The summed E-state index contributed by atoms with van der Waals surface area (Å²) in [5, 5.41) is 23.4. The van der Waals surface area contributed by atoms with E-state index >= 15 is 0 Å². The number of aliphatic hydroxyl groups is 2. The zero-order valence-corrected chi connectivity index (χ0v) is 13.7. The number of hydrogen-bond acceptors (Lipinski definition) is 6. The van der Waals surface area contributed by atoms with E-state index in [4.69, 9.17) is 0 Å². The Morgan fingerprint density at radius 3 is 3.09 bits per heavy atom. The second-order valence-electron chi connectivity index (χ2n) is 6.14. The third-order valence-electron chi connectivity index (χ3n) is 4.79. The van der Waals surface area contributed by atoms with E-state index in [1.165, 1.54) is 0 Å². The van der Waals surface area contributed by atoms with Crippen molar-refractivity contribution in [1.29, 1.82) is 0 Å². The highest BCUT2D eigenvalue weighted by Crippen LogP contribution is 2.32. The molecular weight excluding hydrogens is 302 g/mol. The highest BCUT2D eigenvalue weighted by molar-refractivity contribution is 8.16. The number of amidine groups is 1. The number of thioether (sulfide) groups is 1. The molecule has 3 heterocycles. The highest BCUT2D eigenvalue weighted by atomic mass is 32.2. The van der Waals surface area contributed by atoms with Gasteiger partial charge in [-0.15, -0.1) is 0 Å². The summed E-state index contributed by atoms with van der Waals surface area (Å²) in [5.74, 6) is 0.0101. The van der Waals surface area contributed by atoms with E-state index in [9.17, 15) is 15.0 Å². The van der Waals surface area contributed by atoms with Crippen LogP contribution in [0.2, 0.25) is 0 Å². The van der Waals surface area contributed by atoms with E-state index in [1.54, 1.807) is 16.7 Å². The van der Waals surface area contributed by atoms with E-state index in [1.807, 2.05) is 12.3 Å². The summed E-state index contributed by atoms with van der Waals surface area (Å²) in [6.07, 6.45) is 1.42. The third-order valence-corrected chi connectivity index (χ3v) is 5.74. The van der Waals surface area contributed by atoms with Crippen molar-refractivity contribution in [3.05, 3.63) is 11.1 Å². The Morgan fingerprint density at radius 2 is 2.36 bits per heavy atom. The number of hydrogen-bond donors (Lipinski definition) is 2. The standard InChI is InChI=1S/C15H23N3O3S/c1-2-15(21)4-7-17(9-12(15)19)13(20)8-11-10-22-14-16-5-3-6-18(11)14/h10,12,19,21H,2-9H2,1H3/t12-,15-/m1/s1. The van der Waals surface area contributed by atoms with E-state index in [0.29, 0.717) is 25.8 Å². The van der Waals surface area contributed by atoms with Crippen LogP contribution in [-0.2, 0) is 4.79 Å². The maximum Gasteiger partial charge on any atom is 0.228 e. The van der Waals surface area contributed by atoms with E-state index in [-0.39, 0.29) is 12.5 Å². The van der Waals surface area contributed by atoms with Crippen molar-refractivity contribution in [1.82, 2.24) is 9.80 Å². The van der Waals surface area contributed by atoms with Gasteiger partial charge in [0.05, 0.1) is 12.0 Å². The number of β-amino-alcohol motifs (C(OH)–C–C–N with tert-alkyl or cyclic N) is 1. The number of carbonyl (C=O) groups excluding carboxylic acids is 1. The third kappa shape index (κ3) is 2.89. The molecular formula is C15H23N3O3S. The predicted molar refractivity (Wildman–Crippen MR) is 86.4 cm³/mol. The summed E-state index contributed by atoms with van der Waals surface area (Å²) >= 11 is 1.58. The van der Waals surface area contributed by atoms with Gasteiger partial charge >= 0.3 is 0 Å². The molecule has 122 valence electrons. The Kier molecular flexibility index (Phi) is 4.47. The molecule has 22 heavy (non-hydrogen) atoms. The topological polar surface area (TPSA) is 76.4 Å². The Morgan fingerprint density at radius 1 is 1.55 bits per heavy atom. The molecule has 0 aromatic rings. The van der Waals surface area contributed by atoms with Gasteiger partial charge < -0.3 is 20.0 Å². The van der Waals surface area contributed by atoms with Gasteiger partial charge in [0.25, 0.3) is 0 Å². The van der Waals surface area contributed by atoms with E-state index in [2.05, 4.69) is 9.89 Å². The van der Waals surface area contributed by atoms with Crippen LogP contribution in [0.4, 0.5) is 0 Å². The summed E-state index contributed by atoms with van der Waals surface area (Å²) in [6, 6.07) is 0. The van der Waals surface area contributed by atoms with Crippen LogP contribution in [0.5, 0.6) is 0 Å². The number of carbonyl (C=O) groups is 1. The average Bonchev–Trinajstić information content (AvgIpc) is 2.93. The number of rotatable bonds is 3. The van der Waals surface area contributed by atoms with Crippen LogP contribution in [0.3, 0.4) is 0 Å². The van der Waals surface area contributed by atoms with Gasteiger partial charge in [-0.1, -0.05) is 18.7 Å². The Bertz CT molecular complexity index is 522. The van der Waals surface area contributed by atoms with Crippen molar-refractivity contribution < 1.29 is 15.0 Å². The SMILES string of the molecule is CC[C@@]1(O)CCN(C(=O)CC2=CSC3=NCCCN23)C[C@H]1O. The quantitative estimate of drug-likeness (QED) is 0.801. The number of piperidine rings is 1. The van der Waals surface area contributed by atoms with Gasteiger partial charge in [0, 0.05) is 31.9 Å². The summed E-state index contributed by atoms with van der Waals surface area (Å²) in [6.45, 7) is 4.36. The van der Waals surface area contributed by atoms with Crippen molar-refractivity contribution >= 4 is 22.8 Å². The minimum atomic E-state index is -1.05. The largest absolute Gasteiger partial charge is 0.388 e. The number of aliphatic imine (C=N–C) groups is 1. The lowest BCUT2D eigenvalue weighted by Crippen LogP contribution is -2.56. The molecule has 0 bridgehead atoms. The summed E-state index contributed by atoms with van der Waals surface area (Å²) in [4.78, 5) is 20.7. The van der Waals surface area contributed by atoms with Crippen LogP contribution in [0.25, 0.3) is 0 Å². The summed E-state index contributed by atoms with van der Waals surface area (Å²) in [5.41, 5.74) is -0.0503. The Balaban J connectivity index is 1.59. The molecule has 3 aliphatic rings. The molecule has 7 heteroatoms. The number of fused-ring (bicyclic) bond motifs is 1. The number of nitrogens with zero attached hydrogens (tertiary/aromatic N) is 3.